The highest BCUT2D eigenvalue weighted by Crippen LogP contribution is 2.12. The Labute approximate surface area is 94.5 Å². The molecule has 90 valence electrons. The molecule has 6 nitrogen and oxygen atoms in total. The molecule has 0 radical (unpaired) electrons. The number of nitrogens with zero attached hydrogens (tertiary/aromatic N) is 1. The van der Waals surface area contributed by atoms with Crippen LogP contribution >= 0.6 is 0 Å². The minimum absolute atomic E-state index is 0.0357. The highest BCUT2D eigenvalue weighted by atomic mass is 32.2. The molecule has 2 heterocycles. The van der Waals surface area contributed by atoms with Gasteiger partial charge in [-0.2, -0.15) is 4.98 Å². The Morgan fingerprint density at radius 1 is 1.69 bits per heavy atom. The number of oxazole rings is 1. The van der Waals surface area contributed by atoms with Gasteiger partial charge in [0, 0.05) is 6.04 Å². The first-order valence-electron chi connectivity index (χ1n) is 5.21. The molecule has 1 fully saturated rings. The second-order valence-electron chi connectivity index (χ2n) is 3.97. The second kappa shape index (κ2) is 4.42. The molecular formula is C9H15N3O3S. The summed E-state index contributed by atoms with van der Waals surface area (Å²) in [5.74, 6) is 0.0639. The fraction of sp³-hybridized carbons (Fsp3) is 0.667. The Bertz CT molecular complexity index is 448. The van der Waals surface area contributed by atoms with Crippen molar-refractivity contribution in [1.82, 2.24) is 10.3 Å². The third kappa shape index (κ3) is 2.96. The van der Waals surface area contributed by atoms with Crippen molar-refractivity contribution in [1.29, 1.82) is 0 Å². The lowest BCUT2D eigenvalue weighted by molar-refractivity contribution is 0.563. The standard InChI is InChI=1S/C9H15N3O3S/c1-7-5-15-9(11-7)12-16(13,14)6-8-3-2-4-10-8/h5,8,10H,2-4,6H2,1H3,(H,11,12). The zero-order valence-electron chi connectivity index (χ0n) is 9.06. The van der Waals surface area contributed by atoms with Gasteiger partial charge in [0.1, 0.15) is 6.26 Å². The molecule has 0 saturated carbocycles. The number of aromatic nitrogens is 1. The van der Waals surface area contributed by atoms with Gasteiger partial charge in [-0.05, 0) is 26.3 Å². The van der Waals surface area contributed by atoms with Gasteiger partial charge in [-0.25, -0.2) is 13.1 Å². The molecule has 0 spiro atoms. The van der Waals surface area contributed by atoms with Crippen molar-refractivity contribution in [2.45, 2.75) is 25.8 Å². The molecule has 0 amide bonds. The van der Waals surface area contributed by atoms with Crippen LogP contribution in [0.25, 0.3) is 0 Å². The molecule has 1 saturated heterocycles. The Hall–Kier alpha value is -1.08. The van der Waals surface area contributed by atoms with Crippen LogP contribution in [0.5, 0.6) is 0 Å². The normalized spacial score (nSPS) is 21.2. The van der Waals surface area contributed by atoms with E-state index in [1.807, 2.05) is 0 Å². The number of rotatable bonds is 4. The zero-order chi connectivity index (χ0) is 11.6. The SMILES string of the molecule is Cc1coc(NS(=O)(=O)CC2CCCN2)n1. The molecule has 0 bridgehead atoms. The predicted molar refractivity (Wildman–Crippen MR) is 59.7 cm³/mol. The Balaban J connectivity index is 1.96. The van der Waals surface area contributed by atoms with Gasteiger partial charge in [-0.15, -0.1) is 0 Å². The van der Waals surface area contributed by atoms with Crippen LogP contribution in [0.2, 0.25) is 0 Å². The van der Waals surface area contributed by atoms with E-state index in [1.165, 1.54) is 6.26 Å². The van der Waals surface area contributed by atoms with Crippen LogP contribution in [0.3, 0.4) is 0 Å². The Morgan fingerprint density at radius 3 is 3.06 bits per heavy atom. The summed E-state index contributed by atoms with van der Waals surface area (Å²) in [5, 5.41) is 3.13. The molecular weight excluding hydrogens is 230 g/mol. The van der Waals surface area contributed by atoms with E-state index in [9.17, 15) is 8.42 Å². The third-order valence-electron chi connectivity index (χ3n) is 2.44. The molecule has 1 aromatic rings. The molecule has 1 atom stereocenters. The fourth-order valence-electron chi connectivity index (χ4n) is 1.74. The molecule has 2 rings (SSSR count). The maximum Gasteiger partial charge on any atom is 0.308 e. The van der Waals surface area contributed by atoms with Crippen molar-refractivity contribution >= 4 is 16.0 Å². The van der Waals surface area contributed by atoms with Gasteiger partial charge in [0.05, 0.1) is 11.4 Å². The molecule has 2 N–H and O–H groups in total. The predicted octanol–water partition coefficient (Wildman–Crippen LogP) is 0.477. The highest BCUT2D eigenvalue weighted by molar-refractivity contribution is 7.92. The molecule has 1 aliphatic heterocycles. The molecule has 16 heavy (non-hydrogen) atoms. The minimum atomic E-state index is -3.37. The van der Waals surface area contributed by atoms with Gasteiger partial charge < -0.3 is 9.73 Å². The van der Waals surface area contributed by atoms with Gasteiger partial charge in [0.15, 0.2) is 0 Å². The van der Waals surface area contributed by atoms with E-state index in [4.69, 9.17) is 4.42 Å². The summed E-state index contributed by atoms with van der Waals surface area (Å²) in [4.78, 5) is 3.89. The van der Waals surface area contributed by atoms with E-state index >= 15 is 0 Å². The zero-order valence-corrected chi connectivity index (χ0v) is 9.88. The van der Waals surface area contributed by atoms with Gasteiger partial charge in [0.25, 0.3) is 0 Å². The van der Waals surface area contributed by atoms with E-state index < -0.39 is 10.0 Å². The van der Waals surface area contributed by atoms with E-state index in [0.29, 0.717) is 5.69 Å². The van der Waals surface area contributed by atoms with Crippen LogP contribution in [-0.4, -0.2) is 31.7 Å². The van der Waals surface area contributed by atoms with Crippen LogP contribution in [0, 0.1) is 6.92 Å². The first-order valence-corrected chi connectivity index (χ1v) is 6.86. The van der Waals surface area contributed by atoms with Crippen molar-refractivity contribution < 1.29 is 12.8 Å². The van der Waals surface area contributed by atoms with Gasteiger partial charge >= 0.3 is 6.01 Å². The summed E-state index contributed by atoms with van der Waals surface area (Å²) in [6.07, 6.45) is 3.33. The molecule has 0 aliphatic carbocycles. The number of anilines is 1. The first-order chi connectivity index (χ1) is 7.55. The van der Waals surface area contributed by atoms with Gasteiger partial charge in [-0.3, -0.25) is 0 Å². The molecule has 1 unspecified atom stereocenters. The minimum Gasteiger partial charge on any atom is -0.431 e. The summed E-state index contributed by atoms with van der Waals surface area (Å²) in [6.45, 7) is 2.62. The van der Waals surface area contributed by atoms with E-state index in [1.54, 1.807) is 6.92 Å². The topological polar surface area (TPSA) is 84.2 Å². The van der Waals surface area contributed by atoms with Gasteiger partial charge in [-0.1, -0.05) is 0 Å². The number of hydrogen-bond acceptors (Lipinski definition) is 5. The maximum atomic E-state index is 11.7. The number of sulfonamides is 1. The lowest BCUT2D eigenvalue weighted by Gasteiger charge is -2.10. The molecule has 1 aromatic heterocycles. The summed E-state index contributed by atoms with van der Waals surface area (Å²) >= 11 is 0. The second-order valence-corrected chi connectivity index (χ2v) is 5.74. The molecule has 1 aliphatic rings. The van der Waals surface area contributed by atoms with Crippen LogP contribution in [-0.2, 0) is 10.0 Å². The average molecular weight is 245 g/mol. The smallest absolute Gasteiger partial charge is 0.308 e. The van der Waals surface area contributed by atoms with Crippen LogP contribution in [0.4, 0.5) is 6.01 Å². The van der Waals surface area contributed by atoms with E-state index in [2.05, 4.69) is 15.0 Å². The lowest BCUT2D eigenvalue weighted by atomic mass is 10.3. The summed E-state index contributed by atoms with van der Waals surface area (Å²) in [7, 11) is -3.37. The average Bonchev–Trinajstić information content (AvgIpc) is 2.76. The highest BCUT2D eigenvalue weighted by Gasteiger charge is 2.23. The monoisotopic (exact) mass is 245 g/mol. The molecule has 7 heteroatoms. The van der Waals surface area contributed by atoms with Crippen LogP contribution in [0.1, 0.15) is 18.5 Å². The Kier molecular flexibility index (Phi) is 3.15. The van der Waals surface area contributed by atoms with Crippen LogP contribution < -0.4 is 10.0 Å². The number of nitrogens with one attached hydrogen (secondary N) is 2. The largest absolute Gasteiger partial charge is 0.431 e. The van der Waals surface area contributed by atoms with E-state index in [-0.39, 0.29) is 17.8 Å². The van der Waals surface area contributed by atoms with Crippen molar-refractivity contribution in [3.8, 4) is 0 Å². The molecule has 0 aromatic carbocycles. The third-order valence-corrected chi connectivity index (χ3v) is 3.77. The number of hydrogen-bond donors (Lipinski definition) is 2. The van der Waals surface area contributed by atoms with Crippen molar-refractivity contribution in [2.24, 2.45) is 0 Å². The lowest BCUT2D eigenvalue weighted by Crippen LogP contribution is -2.32. The van der Waals surface area contributed by atoms with Crippen molar-refractivity contribution in [3.63, 3.8) is 0 Å². The maximum absolute atomic E-state index is 11.7. The van der Waals surface area contributed by atoms with Crippen LogP contribution in [0.15, 0.2) is 10.7 Å². The summed E-state index contributed by atoms with van der Waals surface area (Å²) in [6, 6.07) is 0.0732. The Morgan fingerprint density at radius 2 is 2.50 bits per heavy atom. The summed E-state index contributed by atoms with van der Waals surface area (Å²) < 4.78 is 30.7. The fourth-order valence-corrected chi connectivity index (χ4v) is 3.00. The van der Waals surface area contributed by atoms with Crippen molar-refractivity contribution in [2.75, 3.05) is 17.0 Å². The number of aryl methyl sites for hydroxylation is 1. The van der Waals surface area contributed by atoms with E-state index in [0.717, 1.165) is 19.4 Å². The van der Waals surface area contributed by atoms with Crippen molar-refractivity contribution in [3.05, 3.63) is 12.0 Å². The van der Waals surface area contributed by atoms with Gasteiger partial charge in [0.2, 0.25) is 10.0 Å². The quantitative estimate of drug-likeness (QED) is 0.806. The summed E-state index contributed by atoms with van der Waals surface area (Å²) in [5.41, 5.74) is 0.650. The first kappa shape index (κ1) is 11.4.